The van der Waals surface area contributed by atoms with Gasteiger partial charge in [-0.2, -0.15) is 9.29 Å². The summed E-state index contributed by atoms with van der Waals surface area (Å²) in [6, 6.07) is 0. The minimum Gasteiger partial charge on any atom is -0.388 e. The molecule has 3 aromatic rings. The quantitative estimate of drug-likeness (QED) is 0.0633. The normalized spacial score (nSPS) is 30.2. The van der Waals surface area contributed by atoms with E-state index in [1.54, 1.807) is 6.20 Å². The molecule has 0 saturated carbocycles. The molecule has 11 atom stereocenters. The molecule has 5 rings (SSSR count). The predicted octanol–water partition coefficient (Wildman–Crippen LogP) is -1.93. The van der Waals surface area contributed by atoms with Gasteiger partial charge in [0.15, 0.2) is 23.7 Å². The molecule has 24 nitrogen and oxygen atoms in total. The monoisotopic (exact) mass is 797 g/mol. The molecule has 0 bridgehead atoms. The van der Waals surface area contributed by atoms with Crippen molar-refractivity contribution in [2.75, 3.05) is 25.4 Å². The number of aliphatic hydroxyl groups is 5. The fourth-order valence-electron chi connectivity index (χ4n) is 5.80. The van der Waals surface area contributed by atoms with Crippen molar-refractivity contribution in [2.45, 2.75) is 108 Å². The Kier molecular flexibility index (Phi) is 13.6. The minimum atomic E-state index is -5.66. The van der Waals surface area contributed by atoms with Gasteiger partial charge in [0.2, 0.25) is 5.95 Å². The van der Waals surface area contributed by atoms with Gasteiger partial charge in [0.1, 0.15) is 42.7 Å². The number of aromatic amines is 1. The number of hydrogen-bond acceptors (Lipinski definition) is 19. The molecule has 2 fully saturated rings. The third kappa shape index (κ3) is 10.1. The zero-order valence-corrected chi connectivity index (χ0v) is 30.5. The zero-order chi connectivity index (χ0) is 38.7. The zero-order valence-electron chi connectivity index (χ0n) is 28.7. The first-order chi connectivity index (χ1) is 25.0. The molecule has 0 amide bonds. The van der Waals surface area contributed by atoms with Crippen molar-refractivity contribution in [3.05, 3.63) is 28.6 Å². The van der Waals surface area contributed by atoms with E-state index in [0.717, 1.165) is 49.7 Å². The van der Waals surface area contributed by atoms with Gasteiger partial charge < -0.3 is 50.5 Å². The predicted molar refractivity (Wildman–Crippen MR) is 178 cm³/mol. The smallest absolute Gasteiger partial charge is 0.388 e. The number of H-pyrrole nitrogens is 1. The molecule has 53 heavy (non-hydrogen) atoms. The number of nitrogens with two attached hydrogens (primary N) is 1. The molecule has 0 aromatic carbocycles. The number of unbranched alkanes of at least 4 members (excludes halogenated alkanes) is 2. The number of anilines is 1. The Balaban J connectivity index is 1.17. The number of aromatic nitrogens is 7. The number of aliphatic hydroxyl groups excluding tert-OH is 5. The molecular formula is C27H45N9O15P2. The number of nitrogens with one attached hydrogen (secondary N) is 1. The molecule has 2 aliphatic rings. The molecule has 2 aliphatic heterocycles. The maximum absolute atomic E-state index is 12.8. The van der Waals surface area contributed by atoms with Gasteiger partial charge in [0.05, 0.1) is 25.2 Å². The van der Waals surface area contributed by atoms with Crippen LogP contribution < -0.4 is 11.3 Å². The standard InChI is InChI=1S/C27H45N9O15P2/c1-3-5-7-34(8-6-4-2)9-14-10-35(33-32-14)11-15-18(37)20(39)22(41)26(49-15)50-53(45,46)51-52(43,44)47-12-16-19(38)21(40)25(48-16)36-13-29-17-23(36)30-27(28)31-24(17)42/h10,13,15-16,18-22,25-26,37-41H,3-9,11-12H2,1-2H3,(H,43,44)(H,45,46)(H3,28,30,31,42)/t15-,16+,18+,19+,20+,21+,22-,25+,26+/m0/s1. The summed E-state index contributed by atoms with van der Waals surface area (Å²) in [4.78, 5) is 44.9. The summed E-state index contributed by atoms with van der Waals surface area (Å²) in [6.45, 7) is 5.21. The molecule has 2 unspecified atom stereocenters. The second-order valence-corrected chi connectivity index (χ2v) is 15.7. The maximum Gasteiger partial charge on any atom is 0.483 e. The molecule has 2 saturated heterocycles. The average Bonchev–Trinajstić information content (AvgIpc) is 3.79. The summed E-state index contributed by atoms with van der Waals surface area (Å²) in [5.74, 6) is -0.273. The number of nitrogen functional groups attached to an aromatic ring is 1. The van der Waals surface area contributed by atoms with Crippen LogP contribution in [0.4, 0.5) is 5.95 Å². The minimum absolute atomic E-state index is 0.108. The number of hydrogen-bond donors (Lipinski definition) is 9. The lowest BCUT2D eigenvalue weighted by molar-refractivity contribution is -0.278. The highest BCUT2D eigenvalue weighted by Crippen LogP contribution is 2.61. The van der Waals surface area contributed by atoms with Crippen molar-refractivity contribution < 1.29 is 67.3 Å². The Morgan fingerprint density at radius 1 is 0.962 bits per heavy atom. The van der Waals surface area contributed by atoms with Crippen molar-refractivity contribution in [3.8, 4) is 0 Å². The highest BCUT2D eigenvalue weighted by Gasteiger charge is 2.50. The molecule has 5 heterocycles. The molecule has 298 valence electrons. The van der Waals surface area contributed by atoms with Crippen LogP contribution in [-0.2, 0) is 45.1 Å². The van der Waals surface area contributed by atoms with E-state index < -0.39 is 83.1 Å². The fourth-order valence-corrected chi connectivity index (χ4v) is 7.96. The van der Waals surface area contributed by atoms with Crippen molar-refractivity contribution >= 4 is 32.8 Å². The average molecular weight is 798 g/mol. The first kappa shape index (κ1) is 41.4. The fraction of sp³-hybridized carbons (Fsp3) is 0.741. The number of rotatable bonds is 18. The summed E-state index contributed by atoms with van der Waals surface area (Å²) in [7, 11) is -11.2. The molecule has 0 radical (unpaired) electrons. The SMILES string of the molecule is CCCCN(CCCC)Cc1cn(C[C@@H]2O[C@H](OP(=O)(O)OP(=O)(O)OC[C@H]3O[C@@H](n4cnc5c(=O)[nH]c(N)nc54)[C@H](O)[C@@H]3O)[C@@H](O)[C@H](O)[C@@H]2O)nn1. The van der Waals surface area contributed by atoms with E-state index in [1.807, 2.05) is 0 Å². The van der Waals surface area contributed by atoms with Gasteiger partial charge in [0, 0.05) is 12.7 Å². The highest BCUT2D eigenvalue weighted by atomic mass is 31.3. The van der Waals surface area contributed by atoms with Gasteiger partial charge in [-0.15, -0.1) is 5.10 Å². The Morgan fingerprint density at radius 3 is 2.32 bits per heavy atom. The lowest BCUT2D eigenvalue weighted by Crippen LogP contribution is -2.58. The summed E-state index contributed by atoms with van der Waals surface area (Å²) >= 11 is 0. The van der Waals surface area contributed by atoms with E-state index in [-0.39, 0.29) is 23.7 Å². The van der Waals surface area contributed by atoms with Crippen LogP contribution in [0.2, 0.25) is 0 Å². The van der Waals surface area contributed by atoms with E-state index in [2.05, 4.69) is 48.3 Å². The topological polar surface area (TPSA) is 345 Å². The van der Waals surface area contributed by atoms with E-state index in [0.29, 0.717) is 12.2 Å². The Hall–Kier alpha value is -2.77. The molecule has 10 N–H and O–H groups in total. The highest BCUT2D eigenvalue weighted by molar-refractivity contribution is 7.61. The first-order valence-electron chi connectivity index (χ1n) is 16.8. The van der Waals surface area contributed by atoms with Crippen LogP contribution in [0.3, 0.4) is 0 Å². The summed E-state index contributed by atoms with van der Waals surface area (Å²) < 4.78 is 52.8. The summed E-state index contributed by atoms with van der Waals surface area (Å²) in [5.41, 5.74) is 5.25. The van der Waals surface area contributed by atoms with E-state index in [1.165, 1.54) is 4.68 Å². The largest absolute Gasteiger partial charge is 0.483 e. The molecular weight excluding hydrogens is 752 g/mol. The molecule has 0 spiro atoms. The van der Waals surface area contributed by atoms with Crippen molar-refractivity contribution in [1.82, 2.24) is 39.4 Å². The third-order valence-electron chi connectivity index (χ3n) is 8.57. The number of ether oxygens (including phenoxy) is 2. The lowest BCUT2D eigenvalue weighted by atomic mass is 9.99. The van der Waals surface area contributed by atoms with Crippen LogP contribution in [-0.4, -0.2) is 143 Å². The van der Waals surface area contributed by atoms with E-state index in [9.17, 15) is 49.2 Å². The summed E-state index contributed by atoms with van der Waals surface area (Å²) in [5, 5.41) is 60.8. The number of phosphoric ester groups is 2. The maximum atomic E-state index is 12.8. The molecule has 0 aliphatic carbocycles. The lowest BCUT2D eigenvalue weighted by Gasteiger charge is -2.40. The number of phosphoric acid groups is 2. The third-order valence-corrected chi connectivity index (χ3v) is 11.2. The van der Waals surface area contributed by atoms with Gasteiger partial charge in [0.25, 0.3) is 5.56 Å². The van der Waals surface area contributed by atoms with E-state index in [4.69, 9.17) is 24.3 Å². The van der Waals surface area contributed by atoms with Crippen LogP contribution in [0.15, 0.2) is 17.3 Å². The van der Waals surface area contributed by atoms with Crippen molar-refractivity contribution in [3.63, 3.8) is 0 Å². The number of imidazole rings is 1. The van der Waals surface area contributed by atoms with Crippen LogP contribution in [0.5, 0.6) is 0 Å². The van der Waals surface area contributed by atoms with E-state index >= 15 is 0 Å². The number of nitrogens with zero attached hydrogens (tertiary/aromatic N) is 7. The van der Waals surface area contributed by atoms with Crippen LogP contribution in [0, 0.1) is 0 Å². The van der Waals surface area contributed by atoms with Gasteiger partial charge >= 0.3 is 15.6 Å². The number of fused-ring (bicyclic) bond motifs is 1. The summed E-state index contributed by atoms with van der Waals surface area (Å²) in [6.07, 6.45) is -9.04. The van der Waals surface area contributed by atoms with Crippen molar-refractivity contribution in [2.24, 2.45) is 0 Å². The van der Waals surface area contributed by atoms with Gasteiger partial charge in [-0.25, -0.2) is 18.8 Å². The van der Waals surface area contributed by atoms with Gasteiger partial charge in [-0.3, -0.25) is 28.3 Å². The van der Waals surface area contributed by atoms with Gasteiger partial charge in [-0.05, 0) is 25.9 Å². The Labute approximate surface area is 301 Å². The van der Waals surface area contributed by atoms with Crippen LogP contribution in [0.25, 0.3) is 11.2 Å². The van der Waals surface area contributed by atoms with Crippen molar-refractivity contribution in [1.29, 1.82) is 0 Å². The first-order valence-corrected chi connectivity index (χ1v) is 19.8. The molecule has 26 heteroatoms. The van der Waals surface area contributed by atoms with Crippen LogP contribution >= 0.6 is 15.6 Å². The Morgan fingerprint density at radius 2 is 1.64 bits per heavy atom. The van der Waals surface area contributed by atoms with Gasteiger partial charge in [-0.1, -0.05) is 31.9 Å². The second-order valence-electron chi connectivity index (χ2n) is 12.7. The molecule has 3 aromatic heterocycles. The Bertz CT molecular complexity index is 1820. The van der Waals surface area contributed by atoms with Crippen LogP contribution in [0.1, 0.15) is 51.5 Å². The second kappa shape index (κ2) is 17.4.